The van der Waals surface area contributed by atoms with Crippen molar-refractivity contribution in [3.05, 3.63) is 63.5 Å². The van der Waals surface area contributed by atoms with Gasteiger partial charge in [-0.2, -0.15) is 0 Å². The Hall–Kier alpha value is -2.63. The monoisotopic (exact) mass is 287 g/mol. The highest BCUT2D eigenvalue weighted by Crippen LogP contribution is 2.37. The van der Waals surface area contributed by atoms with Gasteiger partial charge in [0.2, 0.25) is 0 Å². The molecule has 2 aromatic rings. The van der Waals surface area contributed by atoms with E-state index < -0.39 is 10.7 Å². The predicted molar refractivity (Wildman–Crippen MR) is 78.6 cm³/mol. The van der Waals surface area contributed by atoms with Crippen molar-refractivity contribution in [2.75, 3.05) is 11.1 Å². The SMILES string of the molecule is Nc1ccc2c(c1)CCC2Nc1cc(F)ccc1[N+](=O)[O-]. The zero-order valence-electron chi connectivity index (χ0n) is 11.2. The van der Waals surface area contributed by atoms with E-state index in [1.54, 1.807) is 6.07 Å². The fourth-order valence-corrected chi connectivity index (χ4v) is 2.76. The summed E-state index contributed by atoms with van der Waals surface area (Å²) in [4.78, 5) is 10.5. The number of rotatable bonds is 3. The van der Waals surface area contributed by atoms with Gasteiger partial charge in [-0.25, -0.2) is 4.39 Å². The molecule has 0 amide bonds. The van der Waals surface area contributed by atoms with Gasteiger partial charge in [0.1, 0.15) is 11.5 Å². The zero-order chi connectivity index (χ0) is 15.0. The number of nitro groups is 1. The summed E-state index contributed by atoms with van der Waals surface area (Å²) in [6.45, 7) is 0. The van der Waals surface area contributed by atoms with Gasteiger partial charge >= 0.3 is 0 Å². The molecule has 1 aliphatic carbocycles. The minimum Gasteiger partial charge on any atom is -0.399 e. The van der Waals surface area contributed by atoms with Gasteiger partial charge in [-0.15, -0.1) is 0 Å². The maximum atomic E-state index is 13.4. The van der Waals surface area contributed by atoms with Crippen LogP contribution in [-0.4, -0.2) is 4.92 Å². The summed E-state index contributed by atoms with van der Waals surface area (Å²) in [7, 11) is 0. The zero-order valence-corrected chi connectivity index (χ0v) is 11.2. The van der Waals surface area contributed by atoms with Crippen molar-refractivity contribution >= 4 is 17.1 Å². The summed E-state index contributed by atoms with van der Waals surface area (Å²) in [6.07, 6.45) is 1.65. The molecule has 3 N–H and O–H groups in total. The summed E-state index contributed by atoms with van der Waals surface area (Å²) in [5, 5.41) is 14.1. The highest BCUT2D eigenvalue weighted by Gasteiger charge is 2.25. The highest BCUT2D eigenvalue weighted by atomic mass is 19.1. The number of nitrogen functional groups attached to an aromatic ring is 1. The average Bonchev–Trinajstić information content (AvgIpc) is 2.81. The average molecular weight is 287 g/mol. The van der Waals surface area contributed by atoms with E-state index >= 15 is 0 Å². The summed E-state index contributed by atoms with van der Waals surface area (Å²) < 4.78 is 13.4. The van der Waals surface area contributed by atoms with E-state index in [4.69, 9.17) is 5.73 Å². The van der Waals surface area contributed by atoms with E-state index in [1.807, 2.05) is 12.1 Å². The molecule has 0 radical (unpaired) electrons. The molecular formula is C15H14FN3O2. The minimum absolute atomic E-state index is 0.0684. The van der Waals surface area contributed by atoms with Crippen LogP contribution in [0.2, 0.25) is 0 Å². The lowest BCUT2D eigenvalue weighted by Gasteiger charge is -2.15. The minimum atomic E-state index is -0.513. The third-order valence-corrected chi connectivity index (χ3v) is 3.73. The largest absolute Gasteiger partial charge is 0.399 e. The van der Waals surface area contributed by atoms with Crippen molar-refractivity contribution in [2.45, 2.75) is 18.9 Å². The number of hydrogen-bond acceptors (Lipinski definition) is 4. The van der Waals surface area contributed by atoms with Crippen molar-refractivity contribution in [1.82, 2.24) is 0 Å². The Kier molecular flexibility index (Phi) is 3.21. The lowest BCUT2D eigenvalue weighted by Crippen LogP contribution is -2.09. The molecule has 1 atom stereocenters. The van der Waals surface area contributed by atoms with Gasteiger partial charge in [-0.05, 0) is 42.2 Å². The van der Waals surface area contributed by atoms with Gasteiger partial charge in [0.05, 0.1) is 11.0 Å². The number of fused-ring (bicyclic) bond motifs is 1. The molecule has 0 aromatic heterocycles. The van der Waals surface area contributed by atoms with Crippen LogP contribution in [0.5, 0.6) is 0 Å². The van der Waals surface area contributed by atoms with Gasteiger partial charge in [0.15, 0.2) is 0 Å². The van der Waals surface area contributed by atoms with Crippen LogP contribution in [0, 0.1) is 15.9 Å². The summed E-state index contributed by atoms with van der Waals surface area (Å²) in [5.74, 6) is -0.501. The van der Waals surface area contributed by atoms with Crippen molar-refractivity contribution < 1.29 is 9.31 Å². The third kappa shape index (κ3) is 2.52. The van der Waals surface area contributed by atoms with E-state index in [0.29, 0.717) is 5.69 Å². The molecule has 1 unspecified atom stereocenters. The van der Waals surface area contributed by atoms with Gasteiger partial charge < -0.3 is 11.1 Å². The number of anilines is 2. The fraction of sp³-hybridized carbons (Fsp3) is 0.200. The maximum absolute atomic E-state index is 13.4. The molecule has 5 nitrogen and oxygen atoms in total. The molecule has 0 fully saturated rings. The molecule has 0 saturated carbocycles. The quantitative estimate of drug-likeness (QED) is 0.515. The Bertz CT molecular complexity index is 718. The fourth-order valence-electron chi connectivity index (χ4n) is 2.76. The second-order valence-corrected chi connectivity index (χ2v) is 5.11. The van der Waals surface area contributed by atoms with Crippen molar-refractivity contribution in [3.8, 4) is 0 Å². The molecule has 108 valence electrons. The van der Waals surface area contributed by atoms with Crippen LogP contribution in [0.25, 0.3) is 0 Å². The van der Waals surface area contributed by atoms with Crippen LogP contribution >= 0.6 is 0 Å². The topological polar surface area (TPSA) is 81.2 Å². The van der Waals surface area contributed by atoms with Crippen LogP contribution in [-0.2, 0) is 6.42 Å². The van der Waals surface area contributed by atoms with Crippen molar-refractivity contribution in [3.63, 3.8) is 0 Å². The maximum Gasteiger partial charge on any atom is 0.292 e. The number of nitrogens with one attached hydrogen (secondary N) is 1. The molecule has 0 heterocycles. The molecule has 0 aliphatic heterocycles. The van der Waals surface area contributed by atoms with E-state index in [-0.39, 0.29) is 17.4 Å². The lowest BCUT2D eigenvalue weighted by molar-refractivity contribution is -0.384. The Morgan fingerprint density at radius 2 is 2.10 bits per heavy atom. The Balaban J connectivity index is 1.93. The van der Waals surface area contributed by atoms with Crippen LogP contribution in [0.1, 0.15) is 23.6 Å². The van der Waals surface area contributed by atoms with Gasteiger partial charge in [0, 0.05) is 17.8 Å². The number of nitro benzene ring substituents is 1. The highest BCUT2D eigenvalue weighted by molar-refractivity contribution is 5.63. The number of nitrogens with two attached hydrogens (primary N) is 1. The normalized spacial score (nSPS) is 16.5. The summed E-state index contributed by atoms with van der Waals surface area (Å²) in [5.41, 5.74) is 8.72. The Morgan fingerprint density at radius 3 is 2.86 bits per heavy atom. The molecule has 3 rings (SSSR count). The first-order chi connectivity index (χ1) is 10.0. The second kappa shape index (κ2) is 5.05. The van der Waals surface area contributed by atoms with E-state index in [0.717, 1.165) is 36.1 Å². The summed E-state index contributed by atoms with van der Waals surface area (Å²) >= 11 is 0. The number of hydrogen-bond donors (Lipinski definition) is 2. The van der Waals surface area contributed by atoms with Crippen molar-refractivity contribution in [1.29, 1.82) is 0 Å². The second-order valence-electron chi connectivity index (χ2n) is 5.11. The van der Waals surface area contributed by atoms with Gasteiger partial charge in [0.25, 0.3) is 5.69 Å². The molecule has 0 spiro atoms. The lowest BCUT2D eigenvalue weighted by atomic mass is 10.1. The van der Waals surface area contributed by atoms with E-state index in [2.05, 4.69) is 5.32 Å². The van der Waals surface area contributed by atoms with Crippen molar-refractivity contribution in [2.24, 2.45) is 0 Å². The van der Waals surface area contributed by atoms with E-state index in [1.165, 1.54) is 6.07 Å². The predicted octanol–water partition coefficient (Wildman–Crippen LogP) is 3.42. The number of aryl methyl sites for hydroxylation is 1. The Morgan fingerprint density at radius 1 is 1.29 bits per heavy atom. The molecule has 0 bridgehead atoms. The molecule has 6 heteroatoms. The molecular weight excluding hydrogens is 273 g/mol. The first-order valence-electron chi connectivity index (χ1n) is 6.63. The van der Waals surface area contributed by atoms with Gasteiger partial charge in [-0.1, -0.05) is 6.07 Å². The third-order valence-electron chi connectivity index (χ3n) is 3.73. The van der Waals surface area contributed by atoms with Gasteiger partial charge in [-0.3, -0.25) is 10.1 Å². The smallest absolute Gasteiger partial charge is 0.292 e. The first kappa shape index (κ1) is 13.4. The number of nitrogens with zero attached hydrogens (tertiary/aromatic N) is 1. The molecule has 2 aromatic carbocycles. The van der Waals surface area contributed by atoms with E-state index in [9.17, 15) is 14.5 Å². The molecule has 0 saturated heterocycles. The molecule has 1 aliphatic rings. The van der Waals surface area contributed by atoms with Crippen LogP contribution < -0.4 is 11.1 Å². The number of benzene rings is 2. The van der Waals surface area contributed by atoms with Crippen LogP contribution in [0.4, 0.5) is 21.5 Å². The molecule has 21 heavy (non-hydrogen) atoms. The first-order valence-corrected chi connectivity index (χ1v) is 6.63. The standard InChI is InChI=1S/C15H14FN3O2/c16-10-2-6-15(19(20)21)14(8-10)18-13-5-1-9-7-11(17)3-4-12(9)13/h2-4,6-8,13,18H,1,5,17H2. The number of halogens is 1. The van der Waals surface area contributed by atoms with Crippen LogP contribution in [0.15, 0.2) is 36.4 Å². The van der Waals surface area contributed by atoms with Crippen LogP contribution in [0.3, 0.4) is 0 Å². The Labute approximate surface area is 120 Å². The summed E-state index contributed by atoms with van der Waals surface area (Å²) in [6, 6.07) is 8.99.